The molecule has 1 heterocycles. The molecule has 0 fully saturated rings. The molecule has 2 aromatic carbocycles. The van der Waals surface area contributed by atoms with Gasteiger partial charge in [0.25, 0.3) is 5.91 Å². The van der Waals surface area contributed by atoms with Crippen LogP contribution in [-0.2, 0) is 11.3 Å². The number of halogens is 1. The molecule has 0 aromatic heterocycles. The highest BCUT2D eigenvalue weighted by Gasteiger charge is 2.28. The molecule has 0 saturated carbocycles. The molecule has 5 heteroatoms. The third kappa shape index (κ3) is 2.50. The van der Waals surface area contributed by atoms with Gasteiger partial charge >= 0.3 is 0 Å². The predicted molar refractivity (Wildman–Crippen MR) is 82.7 cm³/mol. The molecule has 1 N–H and O–H groups in total. The van der Waals surface area contributed by atoms with Gasteiger partial charge in [0, 0.05) is 18.2 Å². The number of anilines is 2. The summed E-state index contributed by atoms with van der Waals surface area (Å²) in [6.07, 6.45) is 0. The van der Waals surface area contributed by atoms with Gasteiger partial charge in [-0.15, -0.1) is 0 Å². The monoisotopic (exact) mass is 300 g/mol. The van der Waals surface area contributed by atoms with Crippen LogP contribution in [0.25, 0.3) is 0 Å². The fourth-order valence-corrected chi connectivity index (χ4v) is 2.65. The second kappa shape index (κ2) is 5.22. The van der Waals surface area contributed by atoms with Crippen LogP contribution in [0.3, 0.4) is 0 Å². The lowest BCUT2D eigenvalue weighted by Crippen LogP contribution is -2.23. The van der Waals surface area contributed by atoms with E-state index < -0.39 is 0 Å². The molecule has 0 saturated heterocycles. The van der Waals surface area contributed by atoms with Crippen molar-refractivity contribution >= 4 is 34.8 Å². The highest BCUT2D eigenvalue weighted by atomic mass is 35.5. The molecule has 1 aliphatic heterocycles. The normalized spacial score (nSPS) is 13.2. The first-order valence-corrected chi connectivity index (χ1v) is 6.91. The largest absolute Gasteiger partial charge is 0.325 e. The van der Waals surface area contributed by atoms with E-state index >= 15 is 0 Å². The van der Waals surface area contributed by atoms with Crippen molar-refractivity contribution in [2.45, 2.75) is 13.5 Å². The van der Waals surface area contributed by atoms with Crippen LogP contribution in [0, 0.1) is 0 Å². The molecule has 1 aliphatic rings. The Morgan fingerprint density at radius 1 is 1.24 bits per heavy atom. The Kier molecular flexibility index (Phi) is 3.39. The van der Waals surface area contributed by atoms with E-state index in [0.717, 1.165) is 16.8 Å². The summed E-state index contributed by atoms with van der Waals surface area (Å²) < 4.78 is 0. The van der Waals surface area contributed by atoms with Gasteiger partial charge in [0.2, 0.25) is 5.91 Å². The van der Waals surface area contributed by atoms with E-state index in [0.29, 0.717) is 17.3 Å². The Morgan fingerprint density at radius 2 is 2.00 bits per heavy atom. The first-order chi connectivity index (χ1) is 10.1. The fraction of sp³-hybridized carbons (Fsp3) is 0.125. The minimum atomic E-state index is -0.186. The van der Waals surface area contributed by atoms with Gasteiger partial charge in [0.1, 0.15) is 0 Å². The number of rotatable bonds is 2. The molecule has 0 radical (unpaired) electrons. The Morgan fingerprint density at radius 3 is 2.67 bits per heavy atom. The number of nitrogens with one attached hydrogen (secondary N) is 1. The third-order valence-electron chi connectivity index (χ3n) is 3.40. The van der Waals surface area contributed by atoms with Crippen molar-refractivity contribution in [1.82, 2.24) is 0 Å². The third-order valence-corrected chi connectivity index (χ3v) is 3.71. The summed E-state index contributed by atoms with van der Waals surface area (Å²) in [5.74, 6) is -0.219. The number of hydrogen-bond donors (Lipinski definition) is 1. The first kappa shape index (κ1) is 13.6. The van der Waals surface area contributed by atoms with Crippen molar-refractivity contribution in [3.8, 4) is 0 Å². The molecule has 21 heavy (non-hydrogen) atoms. The van der Waals surface area contributed by atoms with Gasteiger partial charge in [-0.3, -0.25) is 9.59 Å². The minimum absolute atomic E-state index is 0.0334. The maximum Gasteiger partial charge on any atom is 0.258 e. The predicted octanol–water partition coefficient (Wildman–Crippen LogP) is 3.46. The van der Waals surface area contributed by atoms with Gasteiger partial charge in [0.05, 0.1) is 17.3 Å². The summed E-state index contributed by atoms with van der Waals surface area (Å²) in [6, 6.07) is 12.7. The van der Waals surface area contributed by atoms with Crippen molar-refractivity contribution in [1.29, 1.82) is 0 Å². The van der Waals surface area contributed by atoms with Gasteiger partial charge in [0.15, 0.2) is 0 Å². The summed E-state index contributed by atoms with van der Waals surface area (Å²) in [4.78, 5) is 25.1. The Balaban J connectivity index is 1.91. The molecule has 2 aromatic rings. The van der Waals surface area contributed by atoms with Crippen molar-refractivity contribution in [3.63, 3.8) is 0 Å². The van der Waals surface area contributed by atoms with Crippen molar-refractivity contribution < 1.29 is 9.59 Å². The lowest BCUT2D eigenvalue weighted by atomic mass is 10.1. The number of benzene rings is 2. The Labute approximate surface area is 127 Å². The lowest BCUT2D eigenvalue weighted by molar-refractivity contribution is -0.114. The van der Waals surface area contributed by atoms with Gasteiger partial charge in [-0.05, 0) is 29.8 Å². The number of carbonyl (C=O) groups excluding carboxylic acids is 2. The van der Waals surface area contributed by atoms with E-state index in [2.05, 4.69) is 5.32 Å². The fourth-order valence-electron chi connectivity index (χ4n) is 2.43. The summed E-state index contributed by atoms with van der Waals surface area (Å²) in [6.45, 7) is 1.95. The van der Waals surface area contributed by atoms with Crippen LogP contribution in [0.2, 0.25) is 5.02 Å². The van der Waals surface area contributed by atoms with Gasteiger partial charge in [-0.2, -0.15) is 0 Å². The Hall–Kier alpha value is -2.33. The van der Waals surface area contributed by atoms with E-state index in [1.807, 2.05) is 24.3 Å². The summed E-state index contributed by atoms with van der Waals surface area (Å²) in [7, 11) is 0. The van der Waals surface area contributed by atoms with Crippen LogP contribution >= 0.6 is 11.6 Å². The second-order valence-electron chi connectivity index (χ2n) is 4.89. The minimum Gasteiger partial charge on any atom is -0.325 e. The average Bonchev–Trinajstić information content (AvgIpc) is 2.79. The smallest absolute Gasteiger partial charge is 0.258 e. The van der Waals surface area contributed by atoms with Crippen molar-refractivity contribution in [2.24, 2.45) is 0 Å². The highest BCUT2D eigenvalue weighted by Crippen LogP contribution is 2.32. The van der Waals surface area contributed by atoms with Gasteiger partial charge in [-0.1, -0.05) is 29.8 Å². The summed E-state index contributed by atoms with van der Waals surface area (Å²) in [5.41, 5.74) is 2.98. The zero-order valence-corrected chi connectivity index (χ0v) is 12.1. The topological polar surface area (TPSA) is 49.4 Å². The van der Waals surface area contributed by atoms with Crippen LogP contribution in [0.4, 0.5) is 11.4 Å². The highest BCUT2D eigenvalue weighted by molar-refractivity contribution is 6.34. The molecule has 0 atom stereocenters. The SMILES string of the molecule is CC(=O)Nc1ccc(N2Cc3ccccc3C2=O)cc1Cl. The molecule has 2 amide bonds. The molecule has 4 nitrogen and oxygen atoms in total. The molecule has 0 spiro atoms. The number of fused-ring (bicyclic) bond motifs is 1. The van der Waals surface area contributed by atoms with E-state index in [1.54, 1.807) is 23.1 Å². The molecule has 0 bridgehead atoms. The lowest BCUT2D eigenvalue weighted by Gasteiger charge is -2.17. The molecular formula is C16H13ClN2O2. The number of nitrogens with zero attached hydrogens (tertiary/aromatic N) is 1. The number of hydrogen-bond acceptors (Lipinski definition) is 2. The zero-order valence-electron chi connectivity index (χ0n) is 11.4. The molecule has 106 valence electrons. The van der Waals surface area contributed by atoms with Crippen LogP contribution in [0.15, 0.2) is 42.5 Å². The van der Waals surface area contributed by atoms with Crippen LogP contribution in [0.1, 0.15) is 22.8 Å². The second-order valence-corrected chi connectivity index (χ2v) is 5.30. The van der Waals surface area contributed by atoms with E-state index in [9.17, 15) is 9.59 Å². The Bertz CT molecular complexity index is 743. The zero-order chi connectivity index (χ0) is 15.0. The maximum absolute atomic E-state index is 12.4. The van der Waals surface area contributed by atoms with E-state index in [1.165, 1.54) is 6.92 Å². The first-order valence-electron chi connectivity index (χ1n) is 6.53. The summed E-state index contributed by atoms with van der Waals surface area (Å²) >= 11 is 6.16. The van der Waals surface area contributed by atoms with E-state index in [-0.39, 0.29) is 11.8 Å². The van der Waals surface area contributed by atoms with Crippen molar-refractivity contribution in [2.75, 3.05) is 10.2 Å². The molecule has 3 rings (SSSR count). The van der Waals surface area contributed by atoms with Crippen LogP contribution in [-0.4, -0.2) is 11.8 Å². The number of carbonyl (C=O) groups is 2. The van der Waals surface area contributed by atoms with Crippen LogP contribution in [0.5, 0.6) is 0 Å². The number of amides is 2. The summed E-state index contributed by atoms with van der Waals surface area (Å²) in [5, 5.41) is 3.05. The van der Waals surface area contributed by atoms with Gasteiger partial charge < -0.3 is 10.2 Å². The standard InChI is InChI=1S/C16H13ClN2O2/c1-10(20)18-15-7-6-12(8-14(15)17)19-9-11-4-2-3-5-13(11)16(19)21/h2-8H,9H2,1H3,(H,18,20). The van der Waals surface area contributed by atoms with Crippen molar-refractivity contribution in [3.05, 3.63) is 58.6 Å². The quantitative estimate of drug-likeness (QED) is 0.923. The van der Waals surface area contributed by atoms with Crippen LogP contribution < -0.4 is 10.2 Å². The molecule has 0 aliphatic carbocycles. The maximum atomic E-state index is 12.4. The average molecular weight is 301 g/mol. The van der Waals surface area contributed by atoms with E-state index in [4.69, 9.17) is 11.6 Å². The van der Waals surface area contributed by atoms with Gasteiger partial charge in [-0.25, -0.2) is 0 Å². The molecule has 0 unspecified atom stereocenters. The molecular weight excluding hydrogens is 288 g/mol.